The molecule has 9 heteroatoms. The molecule has 7 nitrogen and oxygen atoms in total. The van der Waals surface area contributed by atoms with Gasteiger partial charge in [0.1, 0.15) is 5.58 Å². The van der Waals surface area contributed by atoms with Gasteiger partial charge in [-0.05, 0) is 36.6 Å². The van der Waals surface area contributed by atoms with E-state index in [1.54, 1.807) is 23.9 Å². The second-order valence-electron chi connectivity index (χ2n) is 6.83. The zero-order valence-corrected chi connectivity index (χ0v) is 18.1. The monoisotopic (exact) mass is 446 g/mol. The average Bonchev–Trinajstić information content (AvgIpc) is 3.14. The van der Waals surface area contributed by atoms with Crippen LogP contribution in [0, 0.1) is 0 Å². The van der Waals surface area contributed by atoms with Crippen LogP contribution in [0.25, 0.3) is 11.0 Å². The van der Waals surface area contributed by atoms with Gasteiger partial charge >= 0.3 is 0 Å². The minimum Gasteiger partial charge on any atom is -0.451 e. The van der Waals surface area contributed by atoms with E-state index in [2.05, 4.69) is 5.32 Å². The molecule has 0 atom stereocenters. The van der Waals surface area contributed by atoms with E-state index in [0.29, 0.717) is 43.3 Å². The third kappa shape index (κ3) is 4.11. The van der Waals surface area contributed by atoms with Crippen molar-refractivity contribution in [1.82, 2.24) is 4.31 Å². The molecule has 0 bridgehead atoms. The topological polar surface area (TPSA) is 88.9 Å². The summed E-state index contributed by atoms with van der Waals surface area (Å²) >= 11 is 1.61. The number of para-hydroxylation sites is 1. The number of carbonyl (C=O) groups excluding carboxylic acids is 1. The first-order valence-electron chi connectivity index (χ1n) is 9.49. The quantitative estimate of drug-likeness (QED) is 0.623. The van der Waals surface area contributed by atoms with E-state index in [9.17, 15) is 13.2 Å². The minimum absolute atomic E-state index is 0.189. The molecule has 2 heterocycles. The number of carbonyl (C=O) groups is 1. The van der Waals surface area contributed by atoms with E-state index in [4.69, 9.17) is 9.15 Å². The normalized spacial score (nSPS) is 15.4. The van der Waals surface area contributed by atoms with Crippen molar-refractivity contribution in [2.75, 3.05) is 37.9 Å². The molecule has 1 fully saturated rings. The second-order valence-corrected chi connectivity index (χ2v) is 9.64. The molecule has 0 radical (unpaired) electrons. The van der Waals surface area contributed by atoms with Crippen molar-refractivity contribution in [2.45, 2.75) is 10.6 Å². The summed E-state index contributed by atoms with van der Waals surface area (Å²) in [5, 5.41) is 3.73. The number of nitrogens with one attached hydrogen (secondary N) is 1. The Morgan fingerprint density at radius 2 is 1.80 bits per heavy atom. The van der Waals surface area contributed by atoms with Crippen molar-refractivity contribution in [2.24, 2.45) is 0 Å². The lowest BCUT2D eigenvalue weighted by Crippen LogP contribution is -2.40. The van der Waals surface area contributed by atoms with Gasteiger partial charge in [-0.3, -0.25) is 4.79 Å². The number of benzene rings is 2. The molecule has 158 valence electrons. The largest absolute Gasteiger partial charge is 0.451 e. The van der Waals surface area contributed by atoms with Gasteiger partial charge in [-0.2, -0.15) is 16.1 Å². The number of amides is 1. The maximum Gasteiger partial charge on any atom is 0.291 e. The van der Waals surface area contributed by atoms with E-state index < -0.39 is 10.0 Å². The molecule has 30 heavy (non-hydrogen) atoms. The second kappa shape index (κ2) is 8.81. The van der Waals surface area contributed by atoms with Gasteiger partial charge in [0.15, 0.2) is 5.76 Å². The Kier molecular flexibility index (Phi) is 6.14. The highest BCUT2D eigenvalue weighted by atomic mass is 32.2. The predicted octanol–water partition coefficient (Wildman–Crippen LogP) is 3.57. The average molecular weight is 447 g/mol. The van der Waals surface area contributed by atoms with Gasteiger partial charge in [0.2, 0.25) is 10.0 Å². The molecular weight excluding hydrogens is 424 g/mol. The van der Waals surface area contributed by atoms with Gasteiger partial charge in [-0.15, -0.1) is 0 Å². The number of furan rings is 1. The molecule has 3 aromatic rings. The van der Waals surface area contributed by atoms with Gasteiger partial charge in [0.05, 0.1) is 18.1 Å². The van der Waals surface area contributed by atoms with Crippen LogP contribution in [-0.4, -0.2) is 51.2 Å². The SMILES string of the molecule is CSCc1c(C(=O)Nc2ccc(S(=O)(=O)N3CCOCC3)cc2)oc2ccccc12. The molecule has 1 aromatic heterocycles. The standard InChI is InChI=1S/C21H22N2O5S2/c1-29-14-18-17-4-2-3-5-19(17)28-20(18)21(24)22-15-6-8-16(9-7-15)30(25,26)23-10-12-27-13-11-23/h2-9H,10-14H2,1H3,(H,22,24). The van der Waals surface area contributed by atoms with Gasteiger partial charge < -0.3 is 14.5 Å². The molecule has 1 N–H and O–H groups in total. The van der Waals surface area contributed by atoms with Crippen LogP contribution in [-0.2, 0) is 20.5 Å². The third-order valence-corrected chi connectivity index (χ3v) is 7.40. The highest BCUT2D eigenvalue weighted by Gasteiger charge is 2.26. The minimum atomic E-state index is -3.57. The molecule has 0 aliphatic carbocycles. The van der Waals surface area contributed by atoms with Crippen LogP contribution in [0.15, 0.2) is 57.8 Å². The number of morpholine rings is 1. The maximum atomic E-state index is 12.9. The number of rotatable bonds is 6. The van der Waals surface area contributed by atoms with E-state index in [0.717, 1.165) is 10.9 Å². The van der Waals surface area contributed by atoms with E-state index >= 15 is 0 Å². The number of sulfonamides is 1. The molecule has 1 aliphatic rings. The number of anilines is 1. The molecular formula is C21H22N2O5S2. The fraction of sp³-hybridized carbons (Fsp3) is 0.286. The number of thioether (sulfide) groups is 1. The fourth-order valence-corrected chi connectivity index (χ4v) is 5.39. The Bertz CT molecular complexity index is 1150. The van der Waals surface area contributed by atoms with Crippen molar-refractivity contribution in [3.8, 4) is 0 Å². The van der Waals surface area contributed by atoms with Crippen molar-refractivity contribution in [3.05, 3.63) is 59.9 Å². The van der Waals surface area contributed by atoms with Crippen LogP contribution in [0.1, 0.15) is 16.1 Å². The molecule has 1 aliphatic heterocycles. The summed E-state index contributed by atoms with van der Waals surface area (Å²) in [6.45, 7) is 1.46. The number of hydrogen-bond acceptors (Lipinski definition) is 6. The lowest BCUT2D eigenvalue weighted by Gasteiger charge is -2.26. The van der Waals surface area contributed by atoms with Gasteiger partial charge in [-0.25, -0.2) is 8.42 Å². The van der Waals surface area contributed by atoms with Crippen LogP contribution in [0.4, 0.5) is 5.69 Å². The highest BCUT2D eigenvalue weighted by Crippen LogP contribution is 2.29. The van der Waals surface area contributed by atoms with Crippen LogP contribution in [0.5, 0.6) is 0 Å². The Morgan fingerprint density at radius 3 is 2.50 bits per heavy atom. The summed E-state index contributed by atoms with van der Waals surface area (Å²) in [4.78, 5) is 13.0. The molecule has 0 spiro atoms. The highest BCUT2D eigenvalue weighted by molar-refractivity contribution is 7.97. The molecule has 0 unspecified atom stereocenters. The van der Waals surface area contributed by atoms with Crippen LogP contribution in [0.3, 0.4) is 0 Å². The summed E-state index contributed by atoms with van der Waals surface area (Å²) in [7, 11) is -3.57. The number of hydrogen-bond donors (Lipinski definition) is 1. The van der Waals surface area contributed by atoms with Crippen LogP contribution >= 0.6 is 11.8 Å². The first-order chi connectivity index (χ1) is 14.5. The third-order valence-electron chi connectivity index (χ3n) is 4.91. The fourth-order valence-electron chi connectivity index (χ4n) is 3.40. The van der Waals surface area contributed by atoms with E-state index in [1.807, 2.05) is 30.5 Å². The molecule has 0 saturated carbocycles. The molecule has 1 amide bonds. The molecule has 2 aromatic carbocycles. The zero-order valence-electron chi connectivity index (χ0n) is 16.5. The maximum absolute atomic E-state index is 12.9. The summed E-state index contributed by atoms with van der Waals surface area (Å²) in [6, 6.07) is 13.7. The smallest absolute Gasteiger partial charge is 0.291 e. The van der Waals surface area contributed by atoms with E-state index in [1.165, 1.54) is 16.4 Å². The first kappa shape index (κ1) is 20.9. The Labute approximate surface area is 179 Å². The van der Waals surface area contributed by atoms with Crippen LogP contribution in [0.2, 0.25) is 0 Å². The van der Waals surface area contributed by atoms with Gasteiger partial charge in [0.25, 0.3) is 5.91 Å². The molecule has 4 rings (SSSR count). The first-order valence-corrected chi connectivity index (χ1v) is 12.3. The van der Waals surface area contributed by atoms with Crippen molar-refractivity contribution in [1.29, 1.82) is 0 Å². The number of ether oxygens (including phenoxy) is 1. The van der Waals surface area contributed by atoms with Crippen molar-refractivity contribution >= 4 is 44.3 Å². The lowest BCUT2D eigenvalue weighted by molar-refractivity contribution is 0.0730. The zero-order chi connectivity index (χ0) is 21.1. The van der Waals surface area contributed by atoms with Gasteiger partial charge in [0, 0.05) is 35.5 Å². The van der Waals surface area contributed by atoms with E-state index in [-0.39, 0.29) is 16.6 Å². The lowest BCUT2D eigenvalue weighted by atomic mass is 10.1. The number of fused-ring (bicyclic) bond motifs is 1. The number of nitrogens with zero attached hydrogens (tertiary/aromatic N) is 1. The molecule has 1 saturated heterocycles. The summed E-state index contributed by atoms with van der Waals surface area (Å²) in [5.74, 6) is 0.561. The van der Waals surface area contributed by atoms with Crippen molar-refractivity contribution in [3.63, 3.8) is 0 Å². The van der Waals surface area contributed by atoms with Crippen LogP contribution < -0.4 is 5.32 Å². The van der Waals surface area contributed by atoms with Crippen molar-refractivity contribution < 1.29 is 22.4 Å². The Hall–Kier alpha value is -2.33. The summed E-state index contributed by atoms with van der Waals surface area (Å²) in [6.07, 6.45) is 1.97. The Morgan fingerprint density at radius 1 is 1.10 bits per heavy atom. The van der Waals surface area contributed by atoms with Gasteiger partial charge in [-0.1, -0.05) is 18.2 Å². The Balaban J connectivity index is 1.54. The predicted molar refractivity (Wildman–Crippen MR) is 117 cm³/mol. The summed E-state index contributed by atoms with van der Waals surface area (Å²) < 4.78 is 37.9. The summed E-state index contributed by atoms with van der Waals surface area (Å²) in [5.41, 5.74) is 2.01.